The fourth-order valence-electron chi connectivity index (χ4n) is 1.57. The second-order valence-corrected chi connectivity index (χ2v) is 6.76. The number of hydrogen-bond donors (Lipinski definition) is 2. The van der Waals surface area contributed by atoms with Gasteiger partial charge in [-0.1, -0.05) is 15.9 Å². The van der Waals surface area contributed by atoms with Crippen molar-refractivity contribution in [3.8, 4) is 0 Å². The lowest BCUT2D eigenvalue weighted by molar-refractivity contribution is 0.587. The molecule has 106 valence electrons. The van der Waals surface area contributed by atoms with E-state index in [1.807, 2.05) is 13.8 Å². The Morgan fingerprint density at radius 2 is 1.60 bits per heavy atom. The Labute approximate surface area is 125 Å². The van der Waals surface area contributed by atoms with Crippen molar-refractivity contribution in [1.29, 1.82) is 0 Å². The molecule has 1 aromatic heterocycles. The molecule has 0 aliphatic carbocycles. The molecule has 0 fully saturated rings. The normalized spacial score (nSPS) is 11.3. The van der Waals surface area contributed by atoms with Crippen molar-refractivity contribution >= 4 is 31.9 Å². The summed E-state index contributed by atoms with van der Waals surface area (Å²) in [6.45, 7) is 3.62. The molecule has 2 rings (SSSR count). The van der Waals surface area contributed by atoms with Crippen LogP contribution in [0, 0.1) is 13.8 Å². The summed E-state index contributed by atoms with van der Waals surface area (Å²) in [7, 11) is -3.66. The van der Waals surface area contributed by atoms with E-state index in [-0.39, 0.29) is 10.8 Å². The van der Waals surface area contributed by atoms with E-state index < -0.39 is 10.0 Å². The molecule has 0 atom stereocenters. The van der Waals surface area contributed by atoms with Crippen LogP contribution >= 0.6 is 15.9 Å². The van der Waals surface area contributed by atoms with Crippen LogP contribution in [-0.4, -0.2) is 18.4 Å². The number of hydrogen-bond acceptors (Lipinski definition) is 5. The van der Waals surface area contributed by atoms with Gasteiger partial charge in [0.05, 0.1) is 4.90 Å². The number of benzene rings is 1. The number of nitrogens with one attached hydrogen (secondary N) is 2. The van der Waals surface area contributed by atoms with Gasteiger partial charge < -0.3 is 0 Å². The maximum absolute atomic E-state index is 12.0. The molecule has 0 amide bonds. The number of anilines is 1. The van der Waals surface area contributed by atoms with Gasteiger partial charge >= 0.3 is 0 Å². The Morgan fingerprint density at radius 3 is 2.15 bits per heavy atom. The molecule has 0 aliphatic rings. The van der Waals surface area contributed by atoms with Crippen LogP contribution in [0.3, 0.4) is 0 Å². The van der Waals surface area contributed by atoms with Crippen LogP contribution in [-0.2, 0) is 10.0 Å². The molecule has 0 aliphatic heterocycles. The highest BCUT2D eigenvalue weighted by Crippen LogP contribution is 2.14. The number of aromatic nitrogens is 2. The Kier molecular flexibility index (Phi) is 4.36. The van der Waals surface area contributed by atoms with Gasteiger partial charge in [0.25, 0.3) is 10.0 Å². The molecule has 1 heterocycles. The zero-order valence-electron chi connectivity index (χ0n) is 10.9. The molecular formula is C12H13BrN4O2S. The summed E-state index contributed by atoms with van der Waals surface area (Å²) < 4.78 is 24.9. The number of hydrazine groups is 1. The number of halogens is 1. The lowest BCUT2D eigenvalue weighted by Crippen LogP contribution is -2.30. The summed E-state index contributed by atoms with van der Waals surface area (Å²) in [5, 5.41) is 0. The van der Waals surface area contributed by atoms with Crippen molar-refractivity contribution in [2.45, 2.75) is 18.7 Å². The van der Waals surface area contributed by atoms with Crippen LogP contribution in [0.15, 0.2) is 39.7 Å². The Hall–Kier alpha value is -1.51. The third-order valence-corrected chi connectivity index (χ3v) is 4.20. The highest BCUT2D eigenvalue weighted by molar-refractivity contribution is 9.10. The minimum atomic E-state index is -3.66. The van der Waals surface area contributed by atoms with E-state index >= 15 is 0 Å². The molecule has 0 radical (unpaired) electrons. The van der Waals surface area contributed by atoms with E-state index in [0.717, 1.165) is 15.9 Å². The molecule has 20 heavy (non-hydrogen) atoms. The second-order valence-electron chi connectivity index (χ2n) is 4.16. The largest absolute Gasteiger partial charge is 0.276 e. The van der Waals surface area contributed by atoms with Crippen molar-refractivity contribution in [3.63, 3.8) is 0 Å². The van der Waals surface area contributed by atoms with E-state index in [1.165, 1.54) is 12.1 Å². The summed E-state index contributed by atoms with van der Waals surface area (Å²) in [6.07, 6.45) is 0. The molecule has 0 saturated heterocycles. The van der Waals surface area contributed by atoms with Crippen molar-refractivity contribution in [2.24, 2.45) is 0 Å². The van der Waals surface area contributed by atoms with Crippen molar-refractivity contribution < 1.29 is 8.42 Å². The summed E-state index contributed by atoms with van der Waals surface area (Å²) in [5.74, 6) is 0.211. The molecular weight excluding hydrogens is 344 g/mol. The van der Waals surface area contributed by atoms with Gasteiger partial charge in [0.15, 0.2) is 0 Å². The number of sulfonamides is 1. The first-order valence-electron chi connectivity index (χ1n) is 5.72. The molecule has 2 aromatic rings. The summed E-state index contributed by atoms with van der Waals surface area (Å²) in [5.41, 5.74) is 4.01. The van der Waals surface area contributed by atoms with Crippen LogP contribution in [0.2, 0.25) is 0 Å². The zero-order valence-corrected chi connectivity index (χ0v) is 13.3. The van der Waals surface area contributed by atoms with Crippen LogP contribution in [0.1, 0.15) is 11.4 Å². The van der Waals surface area contributed by atoms with Gasteiger partial charge in [-0.2, -0.15) is 0 Å². The van der Waals surface area contributed by atoms with Gasteiger partial charge in [-0.05, 0) is 44.2 Å². The third kappa shape index (κ3) is 3.75. The van der Waals surface area contributed by atoms with E-state index in [9.17, 15) is 8.42 Å². The average molecular weight is 357 g/mol. The number of rotatable bonds is 4. The van der Waals surface area contributed by atoms with Crippen molar-refractivity contribution in [1.82, 2.24) is 14.8 Å². The molecule has 2 N–H and O–H groups in total. The second kappa shape index (κ2) is 5.86. The van der Waals surface area contributed by atoms with Gasteiger partial charge in [0.2, 0.25) is 5.95 Å². The molecule has 8 heteroatoms. The topological polar surface area (TPSA) is 84.0 Å². The number of aryl methyl sites for hydroxylation is 2. The molecule has 0 saturated carbocycles. The van der Waals surface area contributed by atoms with Crippen LogP contribution in [0.25, 0.3) is 0 Å². The molecule has 0 unspecified atom stereocenters. The van der Waals surface area contributed by atoms with E-state index in [2.05, 4.69) is 36.2 Å². The van der Waals surface area contributed by atoms with Gasteiger partial charge in [0, 0.05) is 15.9 Å². The summed E-state index contributed by atoms with van der Waals surface area (Å²) in [6, 6.07) is 8.10. The maximum Gasteiger partial charge on any atom is 0.257 e. The van der Waals surface area contributed by atoms with Crippen molar-refractivity contribution in [3.05, 3.63) is 46.2 Å². The van der Waals surface area contributed by atoms with Crippen LogP contribution in [0.5, 0.6) is 0 Å². The first-order valence-corrected chi connectivity index (χ1v) is 8.00. The first kappa shape index (κ1) is 14.9. The fourth-order valence-corrected chi connectivity index (χ4v) is 2.67. The first-order chi connectivity index (χ1) is 9.37. The summed E-state index contributed by atoms with van der Waals surface area (Å²) >= 11 is 3.25. The fraction of sp³-hybridized carbons (Fsp3) is 0.167. The predicted molar refractivity (Wildman–Crippen MR) is 79.6 cm³/mol. The lowest BCUT2D eigenvalue weighted by Gasteiger charge is -2.09. The highest BCUT2D eigenvalue weighted by atomic mass is 79.9. The van der Waals surface area contributed by atoms with Gasteiger partial charge in [-0.15, -0.1) is 4.83 Å². The quantitative estimate of drug-likeness (QED) is 0.820. The van der Waals surface area contributed by atoms with Gasteiger partial charge in [-0.3, -0.25) is 5.43 Å². The van der Waals surface area contributed by atoms with E-state index in [4.69, 9.17) is 0 Å². The third-order valence-electron chi connectivity index (χ3n) is 2.40. The van der Waals surface area contributed by atoms with Crippen LogP contribution < -0.4 is 10.3 Å². The SMILES string of the molecule is Cc1cc(C)nc(NNS(=O)(=O)c2ccc(Br)cc2)n1. The standard InChI is InChI=1S/C12H13BrN4O2S/c1-8-7-9(2)15-12(14-8)16-17-20(18,19)11-5-3-10(13)4-6-11/h3-7,17H,1-2H3,(H,14,15,16). The van der Waals surface area contributed by atoms with Gasteiger partial charge in [-0.25, -0.2) is 18.4 Å². The monoisotopic (exact) mass is 356 g/mol. The van der Waals surface area contributed by atoms with Gasteiger partial charge in [0.1, 0.15) is 0 Å². The molecule has 1 aromatic carbocycles. The van der Waals surface area contributed by atoms with E-state index in [1.54, 1.807) is 18.2 Å². The molecule has 6 nitrogen and oxygen atoms in total. The minimum Gasteiger partial charge on any atom is -0.276 e. The Morgan fingerprint density at radius 1 is 1.05 bits per heavy atom. The lowest BCUT2D eigenvalue weighted by atomic mass is 10.4. The minimum absolute atomic E-state index is 0.151. The van der Waals surface area contributed by atoms with Crippen molar-refractivity contribution in [2.75, 3.05) is 5.43 Å². The smallest absolute Gasteiger partial charge is 0.257 e. The van der Waals surface area contributed by atoms with E-state index in [0.29, 0.717) is 0 Å². The predicted octanol–water partition coefficient (Wildman–Crippen LogP) is 2.16. The Bertz CT molecular complexity index is 696. The Balaban J connectivity index is 2.15. The average Bonchev–Trinajstić information content (AvgIpc) is 2.36. The number of nitrogens with zero attached hydrogens (tertiary/aromatic N) is 2. The molecule has 0 spiro atoms. The van der Waals surface area contributed by atoms with Crippen LogP contribution in [0.4, 0.5) is 5.95 Å². The zero-order chi connectivity index (χ0) is 14.8. The summed E-state index contributed by atoms with van der Waals surface area (Å²) in [4.78, 5) is 10.6. The maximum atomic E-state index is 12.0. The molecule has 0 bridgehead atoms. The highest BCUT2D eigenvalue weighted by Gasteiger charge is 2.13.